The summed E-state index contributed by atoms with van der Waals surface area (Å²) in [6.45, 7) is 11.9. The number of aryl methyl sites for hydroxylation is 2. The van der Waals surface area contributed by atoms with Crippen molar-refractivity contribution in [3.8, 4) is 0 Å². The van der Waals surface area contributed by atoms with Crippen molar-refractivity contribution in [2.75, 3.05) is 39.4 Å². The van der Waals surface area contributed by atoms with E-state index in [1.165, 1.54) is 10.4 Å². The molecule has 1 aromatic heterocycles. The highest BCUT2D eigenvalue weighted by Gasteiger charge is 2.37. The minimum atomic E-state index is 0.218. The Morgan fingerprint density at radius 1 is 1.36 bits per heavy atom. The molecule has 2 aliphatic heterocycles. The SMILES string of the molecule is CCc1sc(C(=O)N2C[C@@H](N3CCOCC3)[C@@H](C)C2)cc1C. The van der Waals surface area contributed by atoms with Gasteiger partial charge in [0, 0.05) is 37.1 Å². The van der Waals surface area contributed by atoms with Gasteiger partial charge in [-0.2, -0.15) is 0 Å². The van der Waals surface area contributed by atoms with E-state index in [1.807, 2.05) is 0 Å². The van der Waals surface area contributed by atoms with Gasteiger partial charge >= 0.3 is 0 Å². The number of amides is 1. The molecule has 3 heterocycles. The van der Waals surface area contributed by atoms with Crippen LogP contribution in [0.1, 0.15) is 34.0 Å². The number of carbonyl (C=O) groups excluding carboxylic acids is 1. The Bertz CT molecular complexity index is 537. The van der Waals surface area contributed by atoms with E-state index in [9.17, 15) is 4.79 Å². The number of nitrogens with zero attached hydrogens (tertiary/aromatic N) is 2. The fourth-order valence-electron chi connectivity index (χ4n) is 3.63. The molecule has 2 saturated heterocycles. The highest BCUT2D eigenvalue weighted by molar-refractivity contribution is 7.14. The van der Waals surface area contributed by atoms with Gasteiger partial charge in [0.05, 0.1) is 18.1 Å². The first-order valence-electron chi connectivity index (χ1n) is 8.30. The van der Waals surface area contributed by atoms with Gasteiger partial charge in [0.2, 0.25) is 0 Å². The number of rotatable bonds is 3. The molecular weight excluding hydrogens is 296 g/mol. The molecule has 0 aromatic carbocycles. The molecule has 2 aliphatic rings. The van der Waals surface area contributed by atoms with E-state index in [0.717, 1.165) is 50.7 Å². The fourth-order valence-corrected chi connectivity index (χ4v) is 4.71. The van der Waals surface area contributed by atoms with E-state index in [-0.39, 0.29) is 5.91 Å². The van der Waals surface area contributed by atoms with E-state index < -0.39 is 0 Å². The Balaban J connectivity index is 1.68. The summed E-state index contributed by atoms with van der Waals surface area (Å²) in [6, 6.07) is 2.55. The first-order valence-corrected chi connectivity index (χ1v) is 9.12. The van der Waals surface area contributed by atoms with Gasteiger partial charge < -0.3 is 9.64 Å². The lowest BCUT2D eigenvalue weighted by molar-refractivity contribution is 0.0119. The molecule has 0 N–H and O–H groups in total. The zero-order valence-electron chi connectivity index (χ0n) is 13.8. The van der Waals surface area contributed by atoms with E-state index in [1.54, 1.807) is 11.3 Å². The predicted octanol–water partition coefficient (Wildman–Crippen LogP) is 2.41. The van der Waals surface area contributed by atoms with E-state index in [4.69, 9.17) is 4.74 Å². The molecule has 2 atom stereocenters. The van der Waals surface area contributed by atoms with Gasteiger partial charge in [-0.25, -0.2) is 0 Å². The maximum absolute atomic E-state index is 12.8. The minimum Gasteiger partial charge on any atom is -0.379 e. The van der Waals surface area contributed by atoms with Crippen molar-refractivity contribution in [1.82, 2.24) is 9.80 Å². The van der Waals surface area contributed by atoms with Crippen LogP contribution in [-0.4, -0.2) is 61.1 Å². The van der Waals surface area contributed by atoms with Gasteiger partial charge in [0.1, 0.15) is 0 Å². The maximum Gasteiger partial charge on any atom is 0.264 e. The number of hydrogen-bond acceptors (Lipinski definition) is 4. The summed E-state index contributed by atoms with van der Waals surface area (Å²) in [6.07, 6.45) is 1.01. The average Bonchev–Trinajstić information content (AvgIpc) is 3.10. The molecule has 0 aliphatic carbocycles. The second-order valence-electron chi connectivity index (χ2n) is 6.47. The summed E-state index contributed by atoms with van der Waals surface area (Å²) in [4.78, 5) is 19.6. The van der Waals surface area contributed by atoms with E-state index in [0.29, 0.717) is 12.0 Å². The van der Waals surface area contributed by atoms with Crippen LogP contribution in [0, 0.1) is 12.8 Å². The van der Waals surface area contributed by atoms with Crippen molar-refractivity contribution < 1.29 is 9.53 Å². The van der Waals surface area contributed by atoms with Gasteiger partial charge in [0.25, 0.3) is 5.91 Å². The smallest absolute Gasteiger partial charge is 0.264 e. The zero-order valence-corrected chi connectivity index (χ0v) is 14.6. The molecule has 0 spiro atoms. The Kier molecular flexibility index (Phi) is 4.85. The molecule has 0 bridgehead atoms. The fraction of sp³-hybridized carbons (Fsp3) is 0.706. The van der Waals surface area contributed by atoms with Crippen molar-refractivity contribution in [2.24, 2.45) is 5.92 Å². The molecule has 122 valence electrons. The number of carbonyl (C=O) groups is 1. The lowest BCUT2D eigenvalue weighted by Crippen LogP contribution is -2.47. The van der Waals surface area contributed by atoms with Gasteiger partial charge in [-0.05, 0) is 30.9 Å². The Morgan fingerprint density at radius 3 is 2.73 bits per heavy atom. The Morgan fingerprint density at radius 2 is 2.09 bits per heavy atom. The van der Waals surface area contributed by atoms with Gasteiger partial charge in [-0.3, -0.25) is 9.69 Å². The summed E-state index contributed by atoms with van der Waals surface area (Å²) < 4.78 is 5.45. The molecule has 1 aromatic rings. The lowest BCUT2D eigenvalue weighted by atomic mass is 10.0. The molecule has 1 amide bonds. The molecule has 0 unspecified atom stereocenters. The number of thiophene rings is 1. The zero-order chi connectivity index (χ0) is 15.7. The highest BCUT2D eigenvalue weighted by atomic mass is 32.1. The van der Waals surface area contributed by atoms with Crippen molar-refractivity contribution in [1.29, 1.82) is 0 Å². The average molecular weight is 322 g/mol. The third-order valence-electron chi connectivity index (χ3n) is 4.93. The van der Waals surface area contributed by atoms with Crippen LogP contribution < -0.4 is 0 Å². The highest BCUT2D eigenvalue weighted by Crippen LogP contribution is 2.28. The van der Waals surface area contributed by atoms with Gasteiger partial charge in [-0.15, -0.1) is 11.3 Å². The quantitative estimate of drug-likeness (QED) is 0.857. The van der Waals surface area contributed by atoms with Crippen molar-refractivity contribution in [3.63, 3.8) is 0 Å². The van der Waals surface area contributed by atoms with Crippen LogP contribution in [0.2, 0.25) is 0 Å². The lowest BCUT2D eigenvalue weighted by Gasteiger charge is -2.33. The summed E-state index contributed by atoms with van der Waals surface area (Å²) in [5.41, 5.74) is 1.26. The molecule has 5 heteroatoms. The molecular formula is C17H26N2O2S. The van der Waals surface area contributed by atoms with Crippen molar-refractivity contribution >= 4 is 17.2 Å². The van der Waals surface area contributed by atoms with Gasteiger partial charge in [0.15, 0.2) is 0 Å². The molecule has 0 radical (unpaired) electrons. The third-order valence-corrected chi connectivity index (χ3v) is 6.30. The van der Waals surface area contributed by atoms with Gasteiger partial charge in [-0.1, -0.05) is 13.8 Å². The minimum absolute atomic E-state index is 0.218. The summed E-state index contributed by atoms with van der Waals surface area (Å²) in [7, 11) is 0. The predicted molar refractivity (Wildman–Crippen MR) is 89.7 cm³/mol. The first kappa shape index (κ1) is 16.0. The van der Waals surface area contributed by atoms with E-state index in [2.05, 4.69) is 36.6 Å². The van der Waals surface area contributed by atoms with Crippen molar-refractivity contribution in [3.05, 3.63) is 21.4 Å². The standard InChI is InChI=1S/C17H26N2O2S/c1-4-15-12(2)9-16(22-15)17(20)19-10-13(3)14(11-19)18-5-7-21-8-6-18/h9,13-14H,4-8,10-11H2,1-3H3/t13-,14+/m0/s1. The largest absolute Gasteiger partial charge is 0.379 e. The molecule has 2 fully saturated rings. The number of likely N-dealkylation sites (tertiary alicyclic amines) is 1. The number of ether oxygens (including phenoxy) is 1. The molecule has 0 saturated carbocycles. The molecule has 3 rings (SSSR count). The van der Waals surface area contributed by atoms with Crippen LogP contribution in [0.4, 0.5) is 0 Å². The van der Waals surface area contributed by atoms with Crippen molar-refractivity contribution in [2.45, 2.75) is 33.2 Å². The summed E-state index contributed by atoms with van der Waals surface area (Å²) >= 11 is 1.67. The van der Waals surface area contributed by atoms with Crippen LogP contribution >= 0.6 is 11.3 Å². The van der Waals surface area contributed by atoms with E-state index >= 15 is 0 Å². The van der Waals surface area contributed by atoms with Crippen LogP contribution in [0.25, 0.3) is 0 Å². The Labute approximate surface area is 137 Å². The topological polar surface area (TPSA) is 32.8 Å². The monoisotopic (exact) mass is 322 g/mol. The summed E-state index contributed by atoms with van der Waals surface area (Å²) in [5.74, 6) is 0.754. The molecule has 4 nitrogen and oxygen atoms in total. The first-order chi connectivity index (χ1) is 10.6. The third kappa shape index (κ3) is 3.07. The number of hydrogen-bond donors (Lipinski definition) is 0. The summed E-state index contributed by atoms with van der Waals surface area (Å²) in [5, 5.41) is 0. The molecule has 22 heavy (non-hydrogen) atoms. The second-order valence-corrected chi connectivity index (χ2v) is 7.61. The number of morpholine rings is 1. The normalized spacial score (nSPS) is 26.6. The van der Waals surface area contributed by atoms with Crippen LogP contribution in [0.15, 0.2) is 6.07 Å². The van der Waals surface area contributed by atoms with Crippen LogP contribution in [0.5, 0.6) is 0 Å². The Hall–Kier alpha value is -0.910. The maximum atomic E-state index is 12.8. The van der Waals surface area contributed by atoms with Crippen LogP contribution in [0.3, 0.4) is 0 Å². The second kappa shape index (κ2) is 6.69. The van der Waals surface area contributed by atoms with Crippen LogP contribution in [-0.2, 0) is 11.2 Å².